The Morgan fingerprint density at radius 1 is 1.30 bits per heavy atom. The van der Waals surface area contributed by atoms with Crippen molar-refractivity contribution in [2.24, 2.45) is 4.99 Å². The number of aliphatic imine (C=N–C) groups is 1. The minimum Gasteiger partial charge on any atom is -0.491 e. The second-order valence-corrected chi connectivity index (χ2v) is 11.3. The Balaban J connectivity index is 1.92. The van der Waals surface area contributed by atoms with Crippen LogP contribution >= 0.6 is 0 Å². The normalized spacial score (nSPS) is 19.6. The molecule has 0 bridgehead atoms. The Bertz CT molecular complexity index is 780. The third kappa shape index (κ3) is 5.15. The van der Waals surface area contributed by atoms with Gasteiger partial charge in [-0.25, -0.2) is 8.42 Å². The van der Waals surface area contributed by atoms with E-state index < -0.39 is 14.6 Å². The number of hydrogen-bond acceptors (Lipinski definition) is 4. The van der Waals surface area contributed by atoms with E-state index in [4.69, 9.17) is 4.74 Å². The summed E-state index contributed by atoms with van der Waals surface area (Å²) in [7, 11) is -1.35. The maximum absolute atomic E-state index is 12.2. The van der Waals surface area contributed by atoms with Gasteiger partial charge in [0.15, 0.2) is 15.8 Å². The van der Waals surface area contributed by atoms with Gasteiger partial charge in [-0.3, -0.25) is 4.99 Å². The predicted octanol–water partition coefficient (Wildman–Crippen LogP) is 2.45. The molecular formula is C20H33N3O3S. The van der Waals surface area contributed by atoms with Crippen molar-refractivity contribution in [3.8, 4) is 5.75 Å². The summed E-state index contributed by atoms with van der Waals surface area (Å²) < 4.78 is 29.6. The lowest BCUT2D eigenvalue weighted by Crippen LogP contribution is -2.57. The summed E-state index contributed by atoms with van der Waals surface area (Å²) in [4.78, 5) is 6.31. The van der Waals surface area contributed by atoms with Crippen molar-refractivity contribution in [1.29, 1.82) is 0 Å². The van der Waals surface area contributed by atoms with Crippen LogP contribution in [0.25, 0.3) is 0 Å². The molecule has 0 amide bonds. The first-order valence-electron chi connectivity index (χ1n) is 9.38. The third-order valence-corrected chi connectivity index (χ3v) is 7.43. The first kappa shape index (κ1) is 21.5. The summed E-state index contributed by atoms with van der Waals surface area (Å²) in [6.07, 6.45) is 0. The number of nitrogens with zero attached hydrogens (tertiary/aromatic N) is 2. The summed E-state index contributed by atoms with van der Waals surface area (Å²) >= 11 is 0. The number of benzene rings is 1. The molecule has 27 heavy (non-hydrogen) atoms. The van der Waals surface area contributed by atoms with Crippen LogP contribution in [0.5, 0.6) is 5.75 Å². The fourth-order valence-corrected chi connectivity index (χ4v) is 4.56. The molecule has 0 unspecified atom stereocenters. The number of nitrogens with one attached hydrogen (secondary N) is 1. The molecular weight excluding hydrogens is 362 g/mol. The van der Waals surface area contributed by atoms with E-state index in [0.29, 0.717) is 32.2 Å². The summed E-state index contributed by atoms with van der Waals surface area (Å²) in [5, 5.41) is 3.29. The molecule has 152 valence electrons. The van der Waals surface area contributed by atoms with Gasteiger partial charge in [0.25, 0.3) is 0 Å². The zero-order chi connectivity index (χ0) is 20.3. The van der Waals surface area contributed by atoms with E-state index in [1.165, 1.54) is 5.56 Å². The Labute approximate surface area is 163 Å². The quantitative estimate of drug-likeness (QED) is 0.482. The molecule has 1 aliphatic rings. The molecule has 0 aromatic heterocycles. The van der Waals surface area contributed by atoms with Crippen LogP contribution in [0.15, 0.2) is 29.3 Å². The van der Waals surface area contributed by atoms with Crippen molar-refractivity contribution in [1.82, 2.24) is 10.2 Å². The van der Waals surface area contributed by atoms with E-state index in [1.54, 1.807) is 20.9 Å². The monoisotopic (exact) mass is 395 g/mol. The first-order chi connectivity index (χ1) is 12.5. The van der Waals surface area contributed by atoms with E-state index in [0.717, 1.165) is 5.75 Å². The maximum atomic E-state index is 12.2. The first-order valence-corrected chi connectivity index (χ1v) is 11.0. The van der Waals surface area contributed by atoms with Gasteiger partial charge in [-0.05, 0) is 30.9 Å². The van der Waals surface area contributed by atoms with Gasteiger partial charge in [0.1, 0.15) is 12.4 Å². The maximum Gasteiger partial charge on any atom is 0.193 e. The van der Waals surface area contributed by atoms with Gasteiger partial charge in [0.2, 0.25) is 0 Å². The van der Waals surface area contributed by atoms with Gasteiger partial charge in [-0.1, -0.05) is 39.0 Å². The predicted molar refractivity (Wildman–Crippen MR) is 111 cm³/mol. The highest BCUT2D eigenvalue weighted by Gasteiger charge is 2.40. The van der Waals surface area contributed by atoms with Crippen LogP contribution in [-0.4, -0.2) is 63.1 Å². The Morgan fingerprint density at radius 2 is 1.96 bits per heavy atom. The smallest absolute Gasteiger partial charge is 0.193 e. The average Bonchev–Trinajstić information content (AvgIpc) is 2.57. The number of hydrogen-bond donors (Lipinski definition) is 1. The molecule has 2 rings (SSSR count). The summed E-state index contributed by atoms with van der Waals surface area (Å²) in [5.74, 6) is 1.76. The summed E-state index contributed by atoms with van der Waals surface area (Å²) in [5.41, 5.74) is 1.20. The molecule has 0 atom stereocenters. The SMILES string of the molecule is CN=C(NCCOc1ccccc1C(C)(C)C)N1CCS(=O)(=O)C(C)(C)C1. The van der Waals surface area contributed by atoms with Gasteiger partial charge in [-0.15, -0.1) is 0 Å². The van der Waals surface area contributed by atoms with Crippen molar-refractivity contribution in [2.75, 3.05) is 39.0 Å². The van der Waals surface area contributed by atoms with Gasteiger partial charge in [0.05, 0.1) is 17.0 Å². The van der Waals surface area contributed by atoms with Crippen LogP contribution < -0.4 is 10.1 Å². The molecule has 1 fully saturated rings. The van der Waals surface area contributed by atoms with Crippen molar-refractivity contribution < 1.29 is 13.2 Å². The average molecular weight is 396 g/mol. The minimum atomic E-state index is -3.06. The van der Waals surface area contributed by atoms with Crippen LogP contribution in [0.3, 0.4) is 0 Å². The van der Waals surface area contributed by atoms with Gasteiger partial charge in [-0.2, -0.15) is 0 Å². The molecule has 0 saturated carbocycles. The summed E-state index contributed by atoms with van der Waals surface area (Å²) in [6.45, 7) is 12.0. The van der Waals surface area contributed by atoms with Crippen LogP contribution in [0.4, 0.5) is 0 Å². The Kier molecular flexibility index (Phi) is 6.45. The fraction of sp³-hybridized carbons (Fsp3) is 0.650. The van der Waals surface area contributed by atoms with E-state index in [1.807, 2.05) is 23.1 Å². The largest absolute Gasteiger partial charge is 0.491 e. The number of para-hydroxylation sites is 1. The molecule has 0 aliphatic carbocycles. The second kappa shape index (κ2) is 8.09. The number of sulfone groups is 1. The van der Waals surface area contributed by atoms with Crippen LogP contribution in [0, 0.1) is 0 Å². The lowest BCUT2D eigenvalue weighted by atomic mass is 9.86. The van der Waals surface area contributed by atoms with E-state index in [9.17, 15) is 8.42 Å². The van der Waals surface area contributed by atoms with Crippen LogP contribution in [0.1, 0.15) is 40.2 Å². The third-order valence-electron chi connectivity index (χ3n) is 4.89. The molecule has 1 heterocycles. The van der Waals surface area contributed by atoms with Crippen molar-refractivity contribution in [2.45, 2.75) is 44.8 Å². The van der Waals surface area contributed by atoms with Crippen molar-refractivity contribution in [3.63, 3.8) is 0 Å². The number of guanidine groups is 1. The van der Waals surface area contributed by atoms with Gasteiger partial charge in [0, 0.05) is 20.1 Å². The molecule has 6 nitrogen and oxygen atoms in total. The van der Waals surface area contributed by atoms with Gasteiger partial charge >= 0.3 is 0 Å². The molecule has 1 N–H and O–H groups in total. The molecule has 1 aromatic carbocycles. The van der Waals surface area contributed by atoms with Crippen molar-refractivity contribution >= 4 is 15.8 Å². The minimum absolute atomic E-state index is 0.0188. The molecule has 7 heteroatoms. The van der Waals surface area contributed by atoms with Gasteiger partial charge < -0.3 is 15.0 Å². The zero-order valence-corrected chi connectivity index (χ0v) is 18.2. The van der Waals surface area contributed by atoms with E-state index in [-0.39, 0.29) is 11.2 Å². The molecule has 1 aromatic rings. The number of ether oxygens (including phenoxy) is 1. The highest BCUT2D eigenvalue weighted by molar-refractivity contribution is 7.92. The standard InChI is InChI=1S/C20H33N3O3S/c1-19(2,3)16-9-7-8-10-17(16)26-13-11-22-18(21-6)23-12-14-27(24,25)20(4,5)15-23/h7-10H,11-15H2,1-6H3,(H,21,22). The lowest BCUT2D eigenvalue weighted by Gasteiger charge is -2.39. The molecule has 1 aliphatic heterocycles. The topological polar surface area (TPSA) is 71.0 Å². The van der Waals surface area contributed by atoms with E-state index in [2.05, 4.69) is 37.1 Å². The van der Waals surface area contributed by atoms with Crippen LogP contribution in [0.2, 0.25) is 0 Å². The van der Waals surface area contributed by atoms with Crippen LogP contribution in [-0.2, 0) is 15.3 Å². The lowest BCUT2D eigenvalue weighted by molar-refractivity contribution is 0.306. The summed E-state index contributed by atoms with van der Waals surface area (Å²) in [6, 6.07) is 8.10. The van der Waals surface area contributed by atoms with Crippen molar-refractivity contribution in [3.05, 3.63) is 29.8 Å². The molecule has 0 spiro atoms. The van der Waals surface area contributed by atoms with E-state index >= 15 is 0 Å². The Hall–Kier alpha value is -1.76. The highest BCUT2D eigenvalue weighted by Crippen LogP contribution is 2.30. The highest BCUT2D eigenvalue weighted by atomic mass is 32.2. The second-order valence-electron chi connectivity index (χ2n) is 8.57. The zero-order valence-electron chi connectivity index (χ0n) is 17.4. The Morgan fingerprint density at radius 3 is 2.56 bits per heavy atom. The number of rotatable bonds is 4. The molecule has 0 radical (unpaired) electrons. The molecule has 1 saturated heterocycles. The fourth-order valence-electron chi connectivity index (χ4n) is 3.19.